The fraction of sp³-hybridized carbons (Fsp3) is 0.281. The standard InChI is InChI=1S/C32H34Br2N4O8/c1-5-44-25-13-20(29-28(31(40)43-4)18(2)36-32(41)37-29)8-11-24(25)45-17-27(39)38-35-15-21-12-23(34)14-26(42-3)30(21)46-16-19-6-9-22(33)10-7-19/h6-15,27,29,38-39H,5,16-17H2,1-4H3,(H2,36,37,41)/b35-15+/t27-,29+/m0/s1. The van der Waals surface area contributed by atoms with E-state index in [2.05, 4.69) is 53.0 Å². The van der Waals surface area contributed by atoms with Crippen molar-refractivity contribution < 1.29 is 38.4 Å². The zero-order valence-corrected chi connectivity index (χ0v) is 28.7. The number of carbonyl (C=O) groups excluding carboxylic acids is 2. The zero-order chi connectivity index (χ0) is 33.2. The number of allylic oxidation sites excluding steroid dienone is 1. The Morgan fingerprint density at radius 1 is 1.02 bits per heavy atom. The molecule has 0 spiro atoms. The Bertz CT molecular complexity index is 1610. The van der Waals surface area contributed by atoms with Crippen LogP contribution in [0.3, 0.4) is 0 Å². The van der Waals surface area contributed by atoms with Crippen molar-refractivity contribution >= 4 is 50.1 Å². The minimum Gasteiger partial charge on any atom is -0.493 e. The third-order valence-electron chi connectivity index (χ3n) is 6.66. The maximum atomic E-state index is 12.5. The van der Waals surface area contributed by atoms with Gasteiger partial charge in [-0.2, -0.15) is 5.10 Å². The molecule has 0 fully saturated rings. The van der Waals surface area contributed by atoms with E-state index < -0.39 is 24.3 Å². The predicted octanol–water partition coefficient (Wildman–Crippen LogP) is 5.32. The Morgan fingerprint density at radius 3 is 2.48 bits per heavy atom. The van der Waals surface area contributed by atoms with Gasteiger partial charge >= 0.3 is 12.0 Å². The molecule has 4 N–H and O–H groups in total. The molecule has 12 nitrogen and oxygen atoms in total. The number of hydrogen-bond acceptors (Lipinski definition) is 10. The van der Waals surface area contributed by atoms with Gasteiger partial charge in [0, 0.05) is 20.2 Å². The van der Waals surface area contributed by atoms with Crippen LogP contribution < -0.4 is 35.0 Å². The number of halogens is 2. The highest BCUT2D eigenvalue weighted by Crippen LogP contribution is 2.36. The molecule has 0 saturated carbocycles. The van der Waals surface area contributed by atoms with E-state index in [0.29, 0.717) is 53.0 Å². The highest BCUT2D eigenvalue weighted by atomic mass is 79.9. The number of methoxy groups -OCH3 is 2. The van der Waals surface area contributed by atoms with Gasteiger partial charge in [0.2, 0.25) is 0 Å². The number of benzene rings is 3. The fourth-order valence-corrected chi connectivity index (χ4v) is 5.26. The van der Waals surface area contributed by atoms with Crippen molar-refractivity contribution in [3.63, 3.8) is 0 Å². The summed E-state index contributed by atoms with van der Waals surface area (Å²) < 4.78 is 29.9. The highest BCUT2D eigenvalue weighted by molar-refractivity contribution is 9.10. The van der Waals surface area contributed by atoms with Gasteiger partial charge in [0.25, 0.3) is 0 Å². The van der Waals surface area contributed by atoms with Crippen molar-refractivity contribution in [3.8, 4) is 23.0 Å². The van der Waals surface area contributed by atoms with Crippen molar-refractivity contribution in [1.82, 2.24) is 16.1 Å². The van der Waals surface area contributed by atoms with Crippen LogP contribution in [0.2, 0.25) is 0 Å². The number of nitrogens with one attached hydrogen (secondary N) is 3. The molecule has 0 unspecified atom stereocenters. The Morgan fingerprint density at radius 2 is 1.78 bits per heavy atom. The molecular weight excluding hydrogens is 728 g/mol. The SMILES string of the molecule is CCOc1cc([C@H]2NC(=O)NC(C)=C2C(=O)OC)ccc1OC[C@H](O)N/N=C/c1cc(Br)cc(OC)c1OCc1ccc(Br)cc1. The van der Waals surface area contributed by atoms with Crippen LogP contribution in [0.5, 0.6) is 23.0 Å². The summed E-state index contributed by atoms with van der Waals surface area (Å²) in [5.41, 5.74) is 5.46. The molecule has 46 heavy (non-hydrogen) atoms. The lowest BCUT2D eigenvalue weighted by molar-refractivity contribution is -0.136. The summed E-state index contributed by atoms with van der Waals surface area (Å²) in [5, 5.41) is 20.1. The number of aliphatic hydroxyl groups excluding tert-OH is 1. The van der Waals surface area contributed by atoms with Gasteiger partial charge in [-0.1, -0.05) is 50.1 Å². The molecule has 2 atom stereocenters. The van der Waals surface area contributed by atoms with Gasteiger partial charge in [-0.3, -0.25) is 5.43 Å². The van der Waals surface area contributed by atoms with Crippen LogP contribution in [0, 0.1) is 0 Å². The van der Waals surface area contributed by atoms with Gasteiger partial charge in [0.1, 0.15) is 13.2 Å². The second-order valence-corrected chi connectivity index (χ2v) is 11.7. The number of carbonyl (C=O) groups is 2. The van der Waals surface area contributed by atoms with Gasteiger partial charge in [-0.05, 0) is 61.4 Å². The summed E-state index contributed by atoms with van der Waals surface area (Å²) in [6.07, 6.45) is 0.321. The van der Waals surface area contributed by atoms with Gasteiger partial charge in [-0.15, -0.1) is 0 Å². The smallest absolute Gasteiger partial charge is 0.337 e. The lowest BCUT2D eigenvalue weighted by atomic mass is 9.95. The molecule has 0 aromatic heterocycles. The van der Waals surface area contributed by atoms with Gasteiger partial charge in [0.05, 0.1) is 38.7 Å². The molecule has 3 aromatic carbocycles. The number of rotatable bonds is 14. The van der Waals surface area contributed by atoms with E-state index in [-0.39, 0.29) is 12.2 Å². The average Bonchev–Trinajstić information content (AvgIpc) is 3.03. The molecule has 0 bridgehead atoms. The summed E-state index contributed by atoms with van der Waals surface area (Å²) in [7, 11) is 2.82. The summed E-state index contributed by atoms with van der Waals surface area (Å²) in [6.45, 7) is 3.89. The van der Waals surface area contributed by atoms with E-state index >= 15 is 0 Å². The molecule has 2 amide bonds. The molecule has 0 aliphatic carbocycles. The van der Waals surface area contributed by atoms with Crippen LogP contribution in [-0.4, -0.2) is 57.0 Å². The number of ether oxygens (including phenoxy) is 5. The Balaban J connectivity index is 1.44. The quantitative estimate of drug-likeness (QED) is 0.0742. The van der Waals surface area contributed by atoms with E-state index in [1.807, 2.05) is 37.3 Å². The number of amides is 2. The first-order valence-corrected chi connectivity index (χ1v) is 15.7. The Labute approximate surface area is 283 Å². The zero-order valence-electron chi connectivity index (χ0n) is 25.6. The summed E-state index contributed by atoms with van der Waals surface area (Å²) in [4.78, 5) is 24.7. The number of aliphatic hydroxyl groups is 1. The molecule has 1 aliphatic heterocycles. The third kappa shape index (κ3) is 8.92. The van der Waals surface area contributed by atoms with Crippen LogP contribution in [0.15, 0.2) is 79.9 Å². The minimum atomic E-state index is -1.19. The van der Waals surface area contributed by atoms with Crippen LogP contribution in [0.25, 0.3) is 0 Å². The monoisotopic (exact) mass is 760 g/mol. The lowest BCUT2D eigenvalue weighted by Crippen LogP contribution is -2.45. The molecule has 4 rings (SSSR count). The maximum Gasteiger partial charge on any atom is 0.337 e. The van der Waals surface area contributed by atoms with Crippen LogP contribution in [0.4, 0.5) is 4.79 Å². The van der Waals surface area contributed by atoms with Crippen molar-refractivity contribution in [3.05, 3.63) is 91.5 Å². The third-order valence-corrected chi connectivity index (χ3v) is 7.65. The Hall–Kier alpha value is -4.27. The fourth-order valence-electron chi connectivity index (χ4n) is 4.54. The van der Waals surface area contributed by atoms with Crippen molar-refractivity contribution in [2.45, 2.75) is 32.7 Å². The van der Waals surface area contributed by atoms with Crippen molar-refractivity contribution in [2.75, 3.05) is 27.4 Å². The molecule has 1 heterocycles. The molecule has 3 aromatic rings. The number of hydrogen-bond donors (Lipinski definition) is 4. The number of nitrogens with zero attached hydrogens (tertiary/aromatic N) is 1. The first kappa shape index (κ1) is 34.6. The number of urea groups is 1. The van der Waals surface area contributed by atoms with Crippen LogP contribution >= 0.6 is 31.9 Å². The molecule has 14 heteroatoms. The lowest BCUT2D eigenvalue weighted by Gasteiger charge is -2.28. The van der Waals surface area contributed by atoms with E-state index in [0.717, 1.165) is 14.5 Å². The summed E-state index contributed by atoms with van der Waals surface area (Å²) in [5.74, 6) is 1.12. The average molecular weight is 762 g/mol. The van der Waals surface area contributed by atoms with Gasteiger partial charge in [-0.25, -0.2) is 9.59 Å². The summed E-state index contributed by atoms with van der Waals surface area (Å²) >= 11 is 6.91. The highest BCUT2D eigenvalue weighted by Gasteiger charge is 2.32. The van der Waals surface area contributed by atoms with E-state index in [1.54, 1.807) is 38.3 Å². The first-order valence-electron chi connectivity index (χ1n) is 14.1. The maximum absolute atomic E-state index is 12.5. The normalized spacial score (nSPS) is 15.1. The summed E-state index contributed by atoms with van der Waals surface area (Å²) in [6, 6.07) is 15.2. The molecule has 244 valence electrons. The Kier molecular flexibility index (Phi) is 12.3. The van der Waals surface area contributed by atoms with Gasteiger partial charge in [0.15, 0.2) is 29.2 Å². The number of hydrazone groups is 1. The van der Waals surface area contributed by atoms with Crippen LogP contribution in [0.1, 0.15) is 36.6 Å². The molecule has 0 radical (unpaired) electrons. The second kappa shape index (κ2) is 16.3. The van der Waals surface area contributed by atoms with Crippen LogP contribution in [-0.2, 0) is 16.1 Å². The largest absolute Gasteiger partial charge is 0.493 e. The van der Waals surface area contributed by atoms with Crippen molar-refractivity contribution in [1.29, 1.82) is 0 Å². The topological polar surface area (TPSA) is 149 Å². The number of esters is 1. The van der Waals surface area contributed by atoms with Gasteiger partial charge < -0.3 is 39.4 Å². The van der Waals surface area contributed by atoms with E-state index in [1.165, 1.54) is 13.3 Å². The van der Waals surface area contributed by atoms with E-state index in [9.17, 15) is 14.7 Å². The van der Waals surface area contributed by atoms with Crippen molar-refractivity contribution in [2.24, 2.45) is 5.10 Å². The molecule has 1 aliphatic rings. The minimum absolute atomic E-state index is 0.179. The predicted molar refractivity (Wildman–Crippen MR) is 178 cm³/mol. The second-order valence-electron chi connectivity index (χ2n) is 9.86. The first-order chi connectivity index (χ1) is 22.1. The van der Waals surface area contributed by atoms with E-state index in [4.69, 9.17) is 23.7 Å². The molecule has 0 saturated heterocycles. The molecular formula is C32H34Br2N4O8.